The first-order valence-corrected chi connectivity index (χ1v) is 6.27. The Morgan fingerprint density at radius 1 is 1.44 bits per heavy atom. The molecular formula is C14H21NO. The molecule has 1 saturated heterocycles. The number of para-hydroxylation sites is 1. The van der Waals surface area contributed by atoms with Crippen molar-refractivity contribution < 1.29 is 4.74 Å². The summed E-state index contributed by atoms with van der Waals surface area (Å²) in [5, 5.41) is 3.33. The zero-order valence-corrected chi connectivity index (χ0v) is 10.2. The maximum atomic E-state index is 6.07. The van der Waals surface area contributed by atoms with Crippen molar-refractivity contribution in [3.05, 3.63) is 29.8 Å². The van der Waals surface area contributed by atoms with Gasteiger partial charge in [0.05, 0.1) is 0 Å². The highest BCUT2D eigenvalue weighted by molar-refractivity contribution is 5.36. The van der Waals surface area contributed by atoms with E-state index >= 15 is 0 Å². The Kier molecular flexibility index (Phi) is 3.83. The molecule has 0 aliphatic carbocycles. The molecule has 2 heteroatoms. The Morgan fingerprint density at radius 3 is 2.94 bits per heavy atom. The van der Waals surface area contributed by atoms with Crippen molar-refractivity contribution in [2.75, 3.05) is 13.1 Å². The van der Waals surface area contributed by atoms with Crippen LogP contribution in [0.5, 0.6) is 5.75 Å². The lowest BCUT2D eigenvalue weighted by Gasteiger charge is -2.18. The van der Waals surface area contributed by atoms with Crippen LogP contribution in [0.1, 0.15) is 38.2 Å². The molecule has 1 heterocycles. The van der Waals surface area contributed by atoms with E-state index in [2.05, 4.69) is 43.4 Å². The van der Waals surface area contributed by atoms with Crippen LogP contribution < -0.4 is 10.1 Å². The van der Waals surface area contributed by atoms with Crippen molar-refractivity contribution in [1.82, 2.24) is 5.32 Å². The standard InChI is InChI=1S/C14H21NO/c1-3-11(2)13-6-4-5-7-14(13)16-12-8-9-15-10-12/h4-7,11-12,15H,3,8-10H2,1-2H3/t11-,12-/m1/s1. The van der Waals surface area contributed by atoms with Gasteiger partial charge in [-0.1, -0.05) is 32.0 Å². The molecule has 1 aromatic rings. The van der Waals surface area contributed by atoms with Crippen LogP contribution in [0.2, 0.25) is 0 Å². The van der Waals surface area contributed by atoms with Crippen molar-refractivity contribution >= 4 is 0 Å². The quantitative estimate of drug-likeness (QED) is 0.840. The molecule has 0 saturated carbocycles. The molecular weight excluding hydrogens is 198 g/mol. The summed E-state index contributed by atoms with van der Waals surface area (Å²) < 4.78 is 6.07. The average Bonchev–Trinajstić information content (AvgIpc) is 2.82. The smallest absolute Gasteiger partial charge is 0.123 e. The van der Waals surface area contributed by atoms with Crippen molar-refractivity contribution in [2.24, 2.45) is 0 Å². The summed E-state index contributed by atoms with van der Waals surface area (Å²) in [4.78, 5) is 0. The van der Waals surface area contributed by atoms with Crippen LogP contribution in [0.4, 0.5) is 0 Å². The maximum Gasteiger partial charge on any atom is 0.123 e. The Bertz CT molecular complexity index is 331. The number of hydrogen-bond donors (Lipinski definition) is 1. The molecule has 1 aliphatic heterocycles. The van der Waals surface area contributed by atoms with E-state index < -0.39 is 0 Å². The monoisotopic (exact) mass is 219 g/mol. The van der Waals surface area contributed by atoms with Crippen molar-refractivity contribution in [1.29, 1.82) is 0 Å². The van der Waals surface area contributed by atoms with Crippen molar-refractivity contribution in [3.8, 4) is 5.75 Å². The minimum atomic E-state index is 0.352. The van der Waals surface area contributed by atoms with Gasteiger partial charge in [0, 0.05) is 6.54 Å². The highest BCUT2D eigenvalue weighted by atomic mass is 16.5. The van der Waals surface area contributed by atoms with Crippen LogP contribution in [-0.4, -0.2) is 19.2 Å². The van der Waals surface area contributed by atoms with Gasteiger partial charge in [-0.3, -0.25) is 0 Å². The van der Waals surface area contributed by atoms with E-state index in [0.717, 1.165) is 31.7 Å². The van der Waals surface area contributed by atoms with E-state index in [0.29, 0.717) is 12.0 Å². The lowest BCUT2D eigenvalue weighted by Crippen LogP contribution is -2.20. The number of benzene rings is 1. The van der Waals surface area contributed by atoms with E-state index in [1.54, 1.807) is 0 Å². The Labute approximate surface area is 98.0 Å². The lowest BCUT2D eigenvalue weighted by molar-refractivity contribution is 0.220. The summed E-state index contributed by atoms with van der Waals surface area (Å²) >= 11 is 0. The molecule has 2 rings (SSSR count). The third-order valence-corrected chi connectivity index (χ3v) is 3.37. The van der Waals surface area contributed by atoms with Gasteiger partial charge in [-0.05, 0) is 36.9 Å². The molecule has 1 aliphatic rings. The molecule has 0 unspecified atom stereocenters. The molecule has 88 valence electrons. The van der Waals surface area contributed by atoms with Crippen molar-refractivity contribution in [2.45, 2.75) is 38.7 Å². The van der Waals surface area contributed by atoms with Crippen LogP contribution in [0.25, 0.3) is 0 Å². The minimum absolute atomic E-state index is 0.352. The molecule has 2 nitrogen and oxygen atoms in total. The fourth-order valence-electron chi connectivity index (χ4n) is 2.12. The largest absolute Gasteiger partial charge is 0.489 e. The molecule has 2 atom stereocenters. The van der Waals surface area contributed by atoms with E-state index in [9.17, 15) is 0 Å². The van der Waals surface area contributed by atoms with Gasteiger partial charge in [-0.15, -0.1) is 0 Å². The fourth-order valence-corrected chi connectivity index (χ4v) is 2.12. The van der Waals surface area contributed by atoms with Gasteiger partial charge in [0.15, 0.2) is 0 Å². The first kappa shape index (κ1) is 11.5. The normalized spacial score (nSPS) is 22.0. The lowest BCUT2D eigenvalue weighted by atomic mass is 9.98. The van der Waals surface area contributed by atoms with E-state index in [-0.39, 0.29) is 0 Å². The number of rotatable bonds is 4. The van der Waals surface area contributed by atoms with Gasteiger partial charge in [0.1, 0.15) is 11.9 Å². The van der Waals surface area contributed by atoms with Crippen molar-refractivity contribution in [3.63, 3.8) is 0 Å². The van der Waals surface area contributed by atoms with Gasteiger partial charge >= 0.3 is 0 Å². The van der Waals surface area contributed by atoms with E-state index in [1.165, 1.54) is 5.56 Å². The number of nitrogens with one attached hydrogen (secondary N) is 1. The third-order valence-electron chi connectivity index (χ3n) is 3.37. The van der Waals surface area contributed by atoms with Crippen LogP contribution >= 0.6 is 0 Å². The second kappa shape index (κ2) is 5.35. The topological polar surface area (TPSA) is 21.3 Å². The molecule has 1 aromatic carbocycles. The molecule has 0 radical (unpaired) electrons. The minimum Gasteiger partial charge on any atom is -0.489 e. The van der Waals surface area contributed by atoms with Crippen LogP contribution in [0.3, 0.4) is 0 Å². The fraction of sp³-hybridized carbons (Fsp3) is 0.571. The average molecular weight is 219 g/mol. The summed E-state index contributed by atoms with van der Waals surface area (Å²) in [6.07, 6.45) is 2.63. The van der Waals surface area contributed by atoms with Gasteiger partial charge in [0.25, 0.3) is 0 Å². The van der Waals surface area contributed by atoms with Gasteiger partial charge in [0.2, 0.25) is 0 Å². The molecule has 0 bridgehead atoms. The molecule has 1 fully saturated rings. The molecule has 0 spiro atoms. The summed E-state index contributed by atoms with van der Waals surface area (Å²) in [7, 11) is 0. The summed E-state index contributed by atoms with van der Waals surface area (Å²) in [5.41, 5.74) is 1.34. The Hall–Kier alpha value is -1.02. The third kappa shape index (κ3) is 2.56. The predicted molar refractivity (Wildman–Crippen MR) is 67.1 cm³/mol. The number of hydrogen-bond acceptors (Lipinski definition) is 2. The molecule has 16 heavy (non-hydrogen) atoms. The van der Waals surface area contributed by atoms with Crippen LogP contribution in [-0.2, 0) is 0 Å². The van der Waals surface area contributed by atoms with Gasteiger partial charge < -0.3 is 10.1 Å². The Balaban J connectivity index is 2.12. The van der Waals surface area contributed by atoms with Gasteiger partial charge in [-0.25, -0.2) is 0 Å². The SMILES string of the molecule is CC[C@@H](C)c1ccccc1O[C@@H]1CCNC1. The highest BCUT2D eigenvalue weighted by Crippen LogP contribution is 2.29. The predicted octanol–water partition coefficient (Wildman–Crippen LogP) is 2.94. The van der Waals surface area contributed by atoms with E-state index in [1.807, 2.05) is 0 Å². The molecule has 1 N–H and O–H groups in total. The first-order valence-electron chi connectivity index (χ1n) is 6.27. The van der Waals surface area contributed by atoms with Crippen LogP contribution in [0.15, 0.2) is 24.3 Å². The van der Waals surface area contributed by atoms with Gasteiger partial charge in [-0.2, -0.15) is 0 Å². The first-order chi connectivity index (χ1) is 7.81. The molecule has 0 amide bonds. The zero-order valence-electron chi connectivity index (χ0n) is 10.2. The number of ether oxygens (including phenoxy) is 1. The van der Waals surface area contributed by atoms with Crippen LogP contribution in [0, 0.1) is 0 Å². The summed E-state index contributed by atoms with van der Waals surface area (Å²) in [5.74, 6) is 1.65. The Morgan fingerprint density at radius 2 is 2.25 bits per heavy atom. The summed E-state index contributed by atoms with van der Waals surface area (Å²) in [6, 6.07) is 8.44. The second-order valence-electron chi connectivity index (χ2n) is 4.58. The van der Waals surface area contributed by atoms with E-state index in [4.69, 9.17) is 4.74 Å². The highest BCUT2D eigenvalue weighted by Gasteiger charge is 2.18. The molecule has 0 aromatic heterocycles. The summed E-state index contributed by atoms with van der Waals surface area (Å²) in [6.45, 7) is 6.54. The maximum absolute atomic E-state index is 6.07. The second-order valence-corrected chi connectivity index (χ2v) is 4.58. The zero-order chi connectivity index (χ0) is 11.4.